The van der Waals surface area contributed by atoms with E-state index in [1.165, 1.54) is 27.8 Å². The fraction of sp³-hybridized carbons (Fsp3) is 0.462. The van der Waals surface area contributed by atoms with Crippen molar-refractivity contribution in [1.82, 2.24) is 5.32 Å². The van der Waals surface area contributed by atoms with Crippen LogP contribution in [0.15, 0.2) is 6.07 Å². The molecule has 0 bridgehead atoms. The van der Waals surface area contributed by atoms with Gasteiger partial charge >= 0.3 is 0 Å². The summed E-state index contributed by atoms with van der Waals surface area (Å²) in [7, 11) is 0. The van der Waals surface area contributed by atoms with Gasteiger partial charge in [-0.1, -0.05) is 6.07 Å². The van der Waals surface area contributed by atoms with Crippen molar-refractivity contribution in [3.63, 3.8) is 0 Å². The van der Waals surface area contributed by atoms with Crippen LogP contribution in [0.3, 0.4) is 0 Å². The summed E-state index contributed by atoms with van der Waals surface area (Å²) >= 11 is 0. The minimum Gasteiger partial charge on any atom is -0.352 e. The van der Waals surface area contributed by atoms with Crippen molar-refractivity contribution in [2.24, 2.45) is 0 Å². The number of aryl methyl sites for hydroxylation is 2. The molecule has 1 aromatic carbocycles. The summed E-state index contributed by atoms with van der Waals surface area (Å²) in [5.41, 5.74) is 6.43. The van der Waals surface area contributed by atoms with Crippen molar-refractivity contribution in [3.05, 3.63) is 33.9 Å². The van der Waals surface area contributed by atoms with Crippen molar-refractivity contribution in [2.45, 2.75) is 41.2 Å². The second-order valence-electron chi connectivity index (χ2n) is 4.15. The van der Waals surface area contributed by atoms with Gasteiger partial charge in [-0.05, 0) is 55.5 Å². The fourth-order valence-electron chi connectivity index (χ4n) is 1.82. The minimum atomic E-state index is 0.0204. The van der Waals surface area contributed by atoms with Crippen LogP contribution in [0.5, 0.6) is 0 Å². The standard InChI is InChI=1S/C13H19NO/c1-8-6-9(2)13(7-14-12(5)15)11(4)10(8)3/h6H,7H2,1-5H3,(H,14,15). The van der Waals surface area contributed by atoms with Crippen LogP contribution in [0.2, 0.25) is 0 Å². The topological polar surface area (TPSA) is 29.1 Å². The highest BCUT2D eigenvalue weighted by Gasteiger charge is 2.07. The van der Waals surface area contributed by atoms with Crippen LogP contribution in [0.25, 0.3) is 0 Å². The summed E-state index contributed by atoms with van der Waals surface area (Å²) < 4.78 is 0. The molecule has 1 aromatic rings. The maximum absolute atomic E-state index is 10.9. The molecule has 0 saturated heterocycles. The van der Waals surface area contributed by atoms with Crippen molar-refractivity contribution in [1.29, 1.82) is 0 Å². The van der Waals surface area contributed by atoms with Gasteiger partial charge in [0.1, 0.15) is 0 Å². The molecule has 0 fully saturated rings. The van der Waals surface area contributed by atoms with Gasteiger partial charge in [0, 0.05) is 13.5 Å². The molecule has 0 spiro atoms. The Morgan fingerprint density at radius 2 is 1.73 bits per heavy atom. The molecule has 0 aliphatic heterocycles. The van der Waals surface area contributed by atoms with Gasteiger partial charge in [-0.3, -0.25) is 4.79 Å². The second kappa shape index (κ2) is 4.47. The molecule has 0 aliphatic carbocycles. The SMILES string of the molecule is CC(=O)NCc1c(C)cc(C)c(C)c1C. The number of rotatable bonds is 2. The highest BCUT2D eigenvalue weighted by molar-refractivity contribution is 5.72. The van der Waals surface area contributed by atoms with Crippen molar-refractivity contribution >= 4 is 5.91 Å². The normalized spacial score (nSPS) is 10.2. The molecule has 0 unspecified atom stereocenters. The highest BCUT2D eigenvalue weighted by atomic mass is 16.1. The molecule has 82 valence electrons. The third-order valence-corrected chi connectivity index (χ3v) is 3.03. The summed E-state index contributed by atoms with van der Waals surface area (Å²) in [6.07, 6.45) is 0. The van der Waals surface area contributed by atoms with E-state index in [4.69, 9.17) is 0 Å². The molecule has 0 saturated carbocycles. The van der Waals surface area contributed by atoms with E-state index in [9.17, 15) is 4.79 Å². The number of benzene rings is 1. The van der Waals surface area contributed by atoms with Crippen molar-refractivity contribution in [2.75, 3.05) is 0 Å². The first-order chi connectivity index (χ1) is 6.93. The van der Waals surface area contributed by atoms with Gasteiger partial charge in [0.25, 0.3) is 0 Å². The largest absolute Gasteiger partial charge is 0.352 e. The average molecular weight is 205 g/mol. The van der Waals surface area contributed by atoms with E-state index in [0.29, 0.717) is 6.54 Å². The first kappa shape index (κ1) is 11.8. The van der Waals surface area contributed by atoms with E-state index in [1.807, 2.05) is 0 Å². The van der Waals surface area contributed by atoms with E-state index in [1.54, 1.807) is 6.92 Å². The summed E-state index contributed by atoms with van der Waals surface area (Å²) in [6.45, 7) is 10.6. The van der Waals surface area contributed by atoms with E-state index in [-0.39, 0.29) is 5.91 Å². The summed E-state index contributed by atoms with van der Waals surface area (Å²) in [5, 5.41) is 2.85. The van der Waals surface area contributed by atoms with Gasteiger partial charge in [-0.25, -0.2) is 0 Å². The van der Waals surface area contributed by atoms with Gasteiger partial charge in [-0.2, -0.15) is 0 Å². The Morgan fingerprint density at radius 1 is 1.13 bits per heavy atom. The molecule has 1 N–H and O–H groups in total. The molecule has 0 radical (unpaired) electrons. The number of carbonyl (C=O) groups excluding carboxylic acids is 1. The first-order valence-electron chi connectivity index (χ1n) is 5.24. The first-order valence-corrected chi connectivity index (χ1v) is 5.24. The van der Waals surface area contributed by atoms with E-state index >= 15 is 0 Å². The smallest absolute Gasteiger partial charge is 0.217 e. The monoisotopic (exact) mass is 205 g/mol. The zero-order valence-electron chi connectivity index (χ0n) is 10.2. The molecular formula is C13H19NO. The quantitative estimate of drug-likeness (QED) is 0.790. The maximum Gasteiger partial charge on any atom is 0.217 e. The van der Waals surface area contributed by atoms with Crippen LogP contribution in [0.1, 0.15) is 34.7 Å². The zero-order chi connectivity index (χ0) is 11.6. The number of carbonyl (C=O) groups is 1. The maximum atomic E-state index is 10.9. The Bertz CT molecular complexity index is 394. The zero-order valence-corrected chi connectivity index (χ0v) is 10.2. The van der Waals surface area contributed by atoms with Crippen molar-refractivity contribution < 1.29 is 4.79 Å². The number of amides is 1. The average Bonchev–Trinajstić information content (AvgIpc) is 2.14. The molecule has 15 heavy (non-hydrogen) atoms. The number of nitrogens with one attached hydrogen (secondary N) is 1. The Hall–Kier alpha value is -1.31. The van der Waals surface area contributed by atoms with Crippen LogP contribution < -0.4 is 5.32 Å². The molecule has 2 heteroatoms. The van der Waals surface area contributed by atoms with E-state index < -0.39 is 0 Å². The van der Waals surface area contributed by atoms with Gasteiger partial charge in [0.2, 0.25) is 5.91 Å². The molecule has 2 nitrogen and oxygen atoms in total. The summed E-state index contributed by atoms with van der Waals surface area (Å²) in [6, 6.07) is 2.18. The van der Waals surface area contributed by atoms with E-state index in [2.05, 4.69) is 39.1 Å². The highest BCUT2D eigenvalue weighted by Crippen LogP contribution is 2.21. The van der Waals surface area contributed by atoms with Crippen molar-refractivity contribution in [3.8, 4) is 0 Å². The molecular weight excluding hydrogens is 186 g/mol. The Morgan fingerprint density at radius 3 is 2.27 bits per heavy atom. The Labute approximate surface area is 91.7 Å². The Kier molecular flexibility index (Phi) is 3.51. The van der Waals surface area contributed by atoms with Gasteiger partial charge in [0.05, 0.1) is 0 Å². The summed E-state index contributed by atoms with van der Waals surface area (Å²) in [4.78, 5) is 10.9. The molecule has 0 aliphatic rings. The van der Waals surface area contributed by atoms with Crippen LogP contribution >= 0.6 is 0 Å². The lowest BCUT2D eigenvalue weighted by Crippen LogP contribution is -2.20. The van der Waals surface area contributed by atoms with Gasteiger partial charge < -0.3 is 5.32 Å². The number of hydrogen-bond donors (Lipinski definition) is 1. The van der Waals surface area contributed by atoms with Crippen LogP contribution in [-0.2, 0) is 11.3 Å². The minimum absolute atomic E-state index is 0.0204. The van der Waals surface area contributed by atoms with Crippen LogP contribution in [0.4, 0.5) is 0 Å². The lowest BCUT2D eigenvalue weighted by molar-refractivity contribution is -0.119. The molecule has 0 aromatic heterocycles. The van der Waals surface area contributed by atoms with Gasteiger partial charge in [0.15, 0.2) is 0 Å². The molecule has 0 heterocycles. The van der Waals surface area contributed by atoms with Crippen LogP contribution in [-0.4, -0.2) is 5.91 Å². The fourth-order valence-corrected chi connectivity index (χ4v) is 1.82. The molecule has 1 amide bonds. The molecule has 1 rings (SSSR count). The second-order valence-corrected chi connectivity index (χ2v) is 4.15. The predicted molar refractivity (Wildman–Crippen MR) is 62.9 cm³/mol. The lowest BCUT2D eigenvalue weighted by atomic mass is 9.94. The third-order valence-electron chi connectivity index (χ3n) is 3.03. The molecule has 0 atom stereocenters. The Balaban J connectivity index is 3.07. The predicted octanol–water partition coefficient (Wildman–Crippen LogP) is 2.56. The van der Waals surface area contributed by atoms with Gasteiger partial charge in [-0.15, -0.1) is 0 Å². The third kappa shape index (κ3) is 2.58. The van der Waals surface area contributed by atoms with E-state index in [0.717, 1.165) is 0 Å². The van der Waals surface area contributed by atoms with Crippen LogP contribution in [0, 0.1) is 27.7 Å². The summed E-state index contributed by atoms with van der Waals surface area (Å²) in [5.74, 6) is 0.0204. The lowest BCUT2D eigenvalue weighted by Gasteiger charge is -2.15. The number of hydrogen-bond acceptors (Lipinski definition) is 1.